The Kier molecular flexibility index (Phi) is 2.52. The number of hydrogen-bond donors (Lipinski definition) is 0. The quantitative estimate of drug-likeness (QED) is 0.725. The second-order valence-electron chi connectivity index (χ2n) is 3.05. The molecule has 0 N–H and O–H groups in total. The van der Waals surface area contributed by atoms with Gasteiger partial charge in [0.2, 0.25) is 0 Å². The van der Waals surface area contributed by atoms with Crippen LogP contribution in [0.2, 0.25) is 5.02 Å². The second kappa shape index (κ2) is 3.67. The maximum atomic E-state index is 5.94. The van der Waals surface area contributed by atoms with E-state index in [1.807, 2.05) is 6.07 Å². The van der Waals surface area contributed by atoms with Crippen molar-refractivity contribution in [2.24, 2.45) is 0 Å². The van der Waals surface area contributed by atoms with Gasteiger partial charge in [0.1, 0.15) is 6.10 Å². The molecular weight excluding hydrogens is 204 g/mol. The van der Waals surface area contributed by atoms with Crippen LogP contribution < -0.4 is 9.47 Å². The molecule has 0 aliphatic carbocycles. The Hall–Kier alpha value is -0.930. The molecule has 1 aromatic carbocycles. The van der Waals surface area contributed by atoms with E-state index in [0.29, 0.717) is 16.5 Å². The van der Waals surface area contributed by atoms with Gasteiger partial charge in [0.15, 0.2) is 11.5 Å². The van der Waals surface area contributed by atoms with Crippen molar-refractivity contribution in [1.82, 2.24) is 0 Å². The van der Waals surface area contributed by atoms with Crippen LogP contribution in [0, 0.1) is 0 Å². The van der Waals surface area contributed by atoms with E-state index in [1.165, 1.54) is 0 Å². The minimum absolute atomic E-state index is 0.109. The topological polar surface area (TPSA) is 31.0 Å². The summed E-state index contributed by atoms with van der Waals surface area (Å²) in [5.74, 6) is 1.35. The van der Waals surface area contributed by atoms with E-state index >= 15 is 0 Å². The maximum absolute atomic E-state index is 5.94. The number of halogens is 1. The number of rotatable bonds is 3. The standard InChI is InChI=1S/C10H11ClO3/c1-12-8-4-6(11)3-7(9-5-14-9)10(8)13-2/h3-4,9H,5H2,1-2H3/t9-/m1/s1. The summed E-state index contributed by atoms with van der Waals surface area (Å²) in [6.07, 6.45) is 0.109. The predicted molar refractivity (Wildman–Crippen MR) is 53.2 cm³/mol. The minimum Gasteiger partial charge on any atom is -0.493 e. The van der Waals surface area contributed by atoms with E-state index in [4.69, 9.17) is 25.8 Å². The summed E-state index contributed by atoms with van der Waals surface area (Å²) in [4.78, 5) is 0. The normalized spacial score (nSPS) is 19.2. The molecule has 0 radical (unpaired) electrons. The van der Waals surface area contributed by atoms with E-state index in [2.05, 4.69) is 0 Å². The zero-order valence-corrected chi connectivity index (χ0v) is 8.80. The first kappa shape index (κ1) is 9.62. The van der Waals surface area contributed by atoms with E-state index in [-0.39, 0.29) is 6.10 Å². The molecule has 0 unspecified atom stereocenters. The Morgan fingerprint density at radius 3 is 2.57 bits per heavy atom. The highest BCUT2D eigenvalue weighted by molar-refractivity contribution is 6.30. The van der Waals surface area contributed by atoms with Crippen molar-refractivity contribution < 1.29 is 14.2 Å². The average Bonchev–Trinajstić information content (AvgIpc) is 2.99. The molecule has 1 aromatic rings. The average molecular weight is 215 g/mol. The Balaban J connectivity index is 2.49. The first-order valence-corrected chi connectivity index (χ1v) is 4.67. The molecule has 0 saturated carbocycles. The lowest BCUT2D eigenvalue weighted by molar-refractivity contribution is 0.343. The summed E-state index contributed by atoms with van der Waals surface area (Å²) < 4.78 is 15.6. The van der Waals surface area contributed by atoms with Gasteiger partial charge in [0, 0.05) is 16.7 Å². The smallest absolute Gasteiger partial charge is 0.166 e. The van der Waals surface area contributed by atoms with Crippen LogP contribution in [0.4, 0.5) is 0 Å². The molecular formula is C10H11ClO3. The fourth-order valence-electron chi connectivity index (χ4n) is 1.43. The summed E-state index contributed by atoms with van der Waals surface area (Å²) in [7, 11) is 3.20. The molecule has 1 heterocycles. The van der Waals surface area contributed by atoms with Gasteiger partial charge >= 0.3 is 0 Å². The monoisotopic (exact) mass is 214 g/mol. The molecule has 0 aromatic heterocycles. The van der Waals surface area contributed by atoms with Gasteiger partial charge < -0.3 is 14.2 Å². The lowest BCUT2D eigenvalue weighted by Crippen LogP contribution is -1.95. The number of methoxy groups -OCH3 is 2. The van der Waals surface area contributed by atoms with E-state index in [0.717, 1.165) is 12.2 Å². The Morgan fingerprint density at radius 1 is 1.36 bits per heavy atom. The highest BCUT2D eigenvalue weighted by Crippen LogP contribution is 2.43. The number of ether oxygens (including phenoxy) is 3. The van der Waals surface area contributed by atoms with Gasteiger partial charge in [0.25, 0.3) is 0 Å². The molecule has 4 heteroatoms. The van der Waals surface area contributed by atoms with Crippen molar-refractivity contribution in [2.75, 3.05) is 20.8 Å². The number of benzene rings is 1. The lowest BCUT2D eigenvalue weighted by atomic mass is 10.1. The van der Waals surface area contributed by atoms with Crippen LogP contribution >= 0.6 is 11.6 Å². The molecule has 2 rings (SSSR count). The Morgan fingerprint density at radius 2 is 2.07 bits per heavy atom. The van der Waals surface area contributed by atoms with Crippen LogP contribution in [-0.2, 0) is 4.74 Å². The minimum atomic E-state index is 0.109. The fourth-order valence-corrected chi connectivity index (χ4v) is 1.64. The van der Waals surface area contributed by atoms with E-state index in [9.17, 15) is 0 Å². The third-order valence-electron chi connectivity index (χ3n) is 2.15. The highest BCUT2D eigenvalue weighted by atomic mass is 35.5. The van der Waals surface area contributed by atoms with Crippen LogP contribution in [0.15, 0.2) is 12.1 Å². The first-order valence-electron chi connectivity index (χ1n) is 4.29. The van der Waals surface area contributed by atoms with Gasteiger partial charge in [-0.2, -0.15) is 0 Å². The zero-order valence-electron chi connectivity index (χ0n) is 8.04. The zero-order chi connectivity index (χ0) is 10.1. The molecule has 1 atom stereocenters. The lowest BCUT2D eigenvalue weighted by Gasteiger charge is -2.11. The molecule has 1 aliphatic rings. The van der Waals surface area contributed by atoms with Gasteiger partial charge in [-0.25, -0.2) is 0 Å². The van der Waals surface area contributed by atoms with Gasteiger partial charge in [-0.3, -0.25) is 0 Å². The molecule has 14 heavy (non-hydrogen) atoms. The van der Waals surface area contributed by atoms with Gasteiger partial charge in [-0.05, 0) is 6.07 Å². The molecule has 3 nitrogen and oxygen atoms in total. The SMILES string of the molecule is COc1cc(Cl)cc([C@H]2CO2)c1OC. The summed E-state index contributed by atoms with van der Waals surface area (Å²) in [6, 6.07) is 3.58. The van der Waals surface area contributed by atoms with Crippen molar-refractivity contribution in [3.05, 3.63) is 22.7 Å². The first-order chi connectivity index (χ1) is 6.76. The molecule has 1 fully saturated rings. The number of epoxide rings is 1. The van der Waals surface area contributed by atoms with Crippen molar-refractivity contribution in [3.8, 4) is 11.5 Å². The Bertz CT molecular complexity index is 347. The van der Waals surface area contributed by atoms with Crippen molar-refractivity contribution in [2.45, 2.75) is 6.10 Å². The fraction of sp³-hybridized carbons (Fsp3) is 0.400. The molecule has 0 amide bonds. The van der Waals surface area contributed by atoms with Crippen molar-refractivity contribution in [1.29, 1.82) is 0 Å². The summed E-state index contributed by atoms with van der Waals surface area (Å²) in [5, 5.41) is 0.633. The Labute approximate surface area is 87.5 Å². The third-order valence-corrected chi connectivity index (χ3v) is 2.37. The van der Waals surface area contributed by atoms with Crippen molar-refractivity contribution >= 4 is 11.6 Å². The molecule has 0 spiro atoms. The highest BCUT2D eigenvalue weighted by Gasteiger charge is 2.30. The van der Waals surface area contributed by atoms with Crippen LogP contribution in [0.5, 0.6) is 11.5 Å². The van der Waals surface area contributed by atoms with Crippen LogP contribution in [0.25, 0.3) is 0 Å². The van der Waals surface area contributed by atoms with E-state index in [1.54, 1.807) is 20.3 Å². The van der Waals surface area contributed by atoms with Crippen LogP contribution in [-0.4, -0.2) is 20.8 Å². The van der Waals surface area contributed by atoms with Gasteiger partial charge in [-0.15, -0.1) is 0 Å². The van der Waals surface area contributed by atoms with Crippen LogP contribution in [0.1, 0.15) is 11.7 Å². The largest absolute Gasteiger partial charge is 0.493 e. The molecule has 1 aliphatic heterocycles. The maximum Gasteiger partial charge on any atom is 0.166 e. The van der Waals surface area contributed by atoms with Crippen LogP contribution in [0.3, 0.4) is 0 Å². The predicted octanol–water partition coefficient (Wildman–Crippen LogP) is 2.43. The second-order valence-corrected chi connectivity index (χ2v) is 3.49. The summed E-state index contributed by atoms with van der Waals surface area (Å²) in [6.45, 7) is 0.722. The van der Waals surface area contributed by atoms with Gasteiger partial charge in [0.05, 0.1) is 20.8 Å². The molecule has 76 valence electrons. The van der Waals surface area contributed by atoms with Gasteiger partial charge in [-0.1, -0.05) is 11.6 Å². The number of hydrogen-bond acceptors (Lipinski definition) is 3. The van der Waals surface area contributed by atoms with E-state index < -0.39 is 0 Å². The summed E-state index contributed by atoms with van der Waals surface area (Å²) >= 11 is 5.94. The summed E-state index contributed by atoms with van der Waals surface area (Å²) in [5.41, 5.74) is 0.955. The molecule has 0 bridgehead atoms. The molecule has 1 saturated heterocycles. The third kappa shape index (κ3) is 1.65. The van der Waals surface area contributed by atoms with Crippen molar-refractivity contribution in [3.63, 3.8) is 0 Å².